The zero-order valence-electron chi connectivity index (χ0n) is 18.3. The molecular weight excluding hydrogens is 400 g/mol. The van der Waals surface area contributed by atoms with Gasteiger partial charge in [0.2, 0.25) is 17.7 Å². The number of nitrogens with zero attached hydrogens (tertiary/aromatic N) is 1. The van der Waals surface area contributed by atoms with Gasteiger partial charge in [-0.25, -0.2) is 0 Å². The van der Waals surface area contributed by atoms with Gasteiger partial charge in [-0.05, 0) is 97.6 Å². The molecule has 1 N–H and O–H groups in total. The van der Waals surface area contributed by atoms with Gasteiger partial charge < -0.3 is 5.32 Å². The number of carbonyl (C=O) groups is 3. The van der Waals surface area contributed by atoms with Crippen molar-refractivity contribution in [2.75, 3.05) is 11.9 Å². The van der Waals surface area contributed by atoms with Gasteiger partial charge in [0.05, 0.1) is 11.8 Å². The molecule has 6 fully saturated rings. The van der Waals surface area contributed by atoms with Gasteiger partial charge in [0.25, 0.3) is 0 Å². The summed E-state index contributed by atoms with van der Waals surface area (Å²) in [6, 6.07) is 8.39. The molecule has 1 aliphatic heterocycles. The Balaban J connectivity index is 1.03. The highest BCUT2D eigenvalue weighted by atomic mass is 16.2. The zero-order valence-corrected chi connectivity index (χ0v) is 18.3. The van der Waals surface area contributed by atoms with Gasteiger partial charge in [0, 0.05) is 5.69 Å². The Bertz CT molecular complexity index is 976. The molecule has 1 aromatic carbocycles. The first kappa shape index (κ1) is 19.1. The maximum Gasteiger partial charge on any atom is 0.244 e. The lowest BCUT2D eigenvalue weighted by atomic mass is 9.48. The average molecular weight is 431 g/mol. The van der Waals surface area contributed by atoms with Crippen molar-refractivity contribution in [1.29, 1.82) is 0 Å². The topological polar surface area (TPSA) is 66.5 Å². The SMILES string of the molecule is O=C(CN1C(=O)[C@@H]2[C@@H](C1=O)[C@H]1C=C[C@@H]2C1)Nc1ccc(C23CC4CC(CC(C4)C2)C3)cc1. The number of allylic oxidation sites excluding steroid dienone is 2. The van der Waals surface area contributed by atoms with Crippen LogP contribution in [0.3, 0.4) is 0 Å². The fourth-order valence-corrected chi connectivity index (χ4v) is 8.84. The Hall–Kier alpha value is -2.43. The Labute approximate surface area is 188 Å². The molecule has 0 radical (unpaired) electrons. The van der Waals surface area contributed by atoms with Crippen molar-refractivity contribution in [3.63, 3.8) is 0 Å². The number of imide groups is 1. The fraction of sp³-hybridized carbons (Fsp3) is 0.593. The standard InChI is InChI=1S/C27H30N2O3/c30-22(14-29-25(31)23-18-1-2-19(10-18)24(23)26(29)32)28-21-5-3-20(4-6-21)27-11-15-7-16(12-27)9-17(8-15)13-27/h1-6,15-19,23-24H,7-14H2,(H,28,30)/t15?,16?,17?,18-,19+,23-,24-,27?/m0/s1. The van der Waals surface area contributed by atoms with Crippen molar-refractivity contribution >= 4 is 23.4 Å². The molecule has 6 aliphatic carbocycles. The molecule has 0 aromatic heterocycles. The predicted molar refractivity (Wildman–Crippen MR) is 119 cm³/mol. The van der Waals surface area contributed by atoms with Gasteiger partial charge in [-0.15, -0.1) is 0 Å². The molecule has 0 unspecified atom stereocenters. The summed E-state index contributed by atoms with van der Waals surface area (Å²) in [4.78, 5) is 39.5. The van der Waals surface area contributed by atoms with Crippen LogP contribution in [-0.4, -0.2) is 29.2 Å². The minimum Gasteiger partial charge on any atom is -0.325 e. The van der Waals surface area contributed by atoms with Gasteiger partial charge in [0.1, 0.15) is 6.54 Å². The van der Waals surface area contributed by atoms with Gasteiger partial charge in [-0.3, -0.25) is 19.3 Å². The van der Waals surface area contributed by atoms with Crippen molar-refractivity contribution < 1.29 is 14.4 Å². The van der Waals surface area contributed by atoms with E-state index in [1.165, 1.54) is 49.0 Å². The Kier molecular flexibility index (Phi) is 3.91. The molecule has 5 heteroatoms. The summed E-state index contributed by atoms with van der Waals surface area (Å²) in [5.74, 6) is 1.94. The molecule has 5 saturated carbocycles. The third kappa shape index (κ3) is 2.66. The molecule has 7 aliphatic rings. The van der Waals surface area contributed by atoms with Crippen LogP contribution in [0.2, 0.25) is 0 Å². The molecule has 1 heterocycles. The summed E-state index contributed by atoms with van der Waals surface area (Å²) in [5.41, 5.74) is 2.51. The van der Waals surface area contributed by atoms with Crippen LogP contribution in [0.25, 0.3) is 0 Å². The van der Waals surface area contributed by atoms with E-state index in [0.717, 1.165) is 29.9 Å². The second kappa shape index (κ2) is 6.55. The fourth-order valence-electron chi connectivity index (χ4n) is 8.84. The van der Waals surface area contributed by atoms with E-state index < -0.39 is 0 Å². The van der Waals surface area contributed by atoms with Crippen LogP contribution in [0.1, 0.15) is 50.5 Å². The summed E-state index contributed by atoms with van der Waals surface area (Å²) >= 11 is 0. The molecule has 0 spiro atoms. The number of rotatable bonds is 4. The van der Waals surface area contributed by atoms with Gasteiger partial charge in [0.15, 0.2) is 0 Å². The molecule has 5 nitrogen and oxygen atoms in total. The molecule has 1 aromatic rings. The number of amides is 3. The number of hydrogen-bond acceptors (Lipinski definition) is 3. The lowest BCUT2D eigenvalue weighted by Gasteiger charge is -2.57. The van der Waals surface area contributed by atoms with E-state index in [1.807, 2.05) is 12.1 Å². The summed E-state index contributed by atoms with van der Waals surface area (Å²) < 4.78 is 0. The molecule has 3 amide bonds. The third-order valence-corrected chi connectivity index (χ3v) is 9.68. The lowest BCUT2D eigenvalue weighted by Crippen LogP contribution is -2.48. The van der Waals surface area contributed by atoms with Crippen LogP contribution in [0, 0.1) is 41.4 Å². The lowest BCUT2D eigenvalue weighted by molar-refractivity contribution is -0.143. The van der Waals surface area contributed by atoms with E-state index in [-0.39, 0.29) is 47.9 Å². The Morgan fingerprint density at radius 2 is 1.38 bits per heavy atom. The first-order valence-corrected chi connectivity index (χ1v) is 12.4. The Morgan fingerprint density at radius 3 is 1.91 bits per heavy atom. The van der Waals surface area contributed by atoms with Gasteiger partial charge >= 0.3 is 0 Å². The highest BCUT2D eigenvalue weighted by Gasteiger charge is 2.59. The summed E-state index contributed by atoms with van der Waals surface area (Å²) in [7, 11) is 0. The number of nitrogens with one attached hydrogen (secondary N) is 1. The summed E-state index contributed by atoms with van der Waals surface area (Å²) in [5, 5.41) is 2.91. The minimum absolute atomic E-state index is 0.163. The van der Waals surface area contributed by atoms with E-state index >= 15 is 0 Å². The van der Waals surface area contributed by atoms with Crippen LogP contribution in [0.4, 0.5) is 5.69 Å². The second-order valence-electron chi connectivity index (χ2n) is 11.6. The van der Waals surface area contributed by atoms with E-state index in [9.17, 15) is 14.4 Å². The first-order chi connectivity index (χ1) is 15.5. The van der Waals surface area contributed by atoms with Crippen molar-refractivity contribution in [2.24, 2.45) is 41.4 Å². The van der Waals surface area contributed by atoms with Crippen molar-refractivity contribution in [1.82, 2.24) is 4.90 Å². The van der Waals surface area contributed by atoms with Crippen LogP contribution in [-0.2, 0) is 19.8 Å². The number of carbonyl (C=O) groups excluding carboxylic acids is 3. The molecular formula is C27H30N2O3. The summed E-state index contributed by atoms with van der Waals surface area (Å²) in [6.45, 7) is -0.180. The molecule has 166 valence electrons. The zero-order chi connectivity index (χ0) is 21.6. The number of anilines is 1. The van der Waals surface area contributed by atoms with Crippen LogP contribution >= 0.6 is 0 Å². The van der Waals surface area contributed by atoms with Gasteiger partial charge in [-0.1, -0.05) is 24.3 Å². The molecule has 1 saturated heterocycles. The monoisotopic (exact) mass is 430 g/mol. The largest absolute Gasteiger partial charge is 0.325 e. The van der Waals surface area contributed by atoms with Crippen molar-refractivity contribution in [3.05, 3.63) is 42.0 Å². The van der Waals surface area contributed by atoms with Gasteiger partial charge in [-0.2, -0.15) is 0 Å². The van der Waals surface area contributed by atoms with Crippen molar-refractivity contribution in [2.45, 2.75) is 50.4 Å². The van der Waals surface area contributed by atoms with Crippen LogP contribution in [0.5, 0.6) is 0 Å². The first-order valence-electron chi connectivity index (χ1n) is 12.4. The van der Waals surface area contributed by atoms with E-state index in [0.29, 0.717) is 5.41 Å². The number of hydrogen-bond donors (Lipinski definition) is 1. The highest BCUT2D eigenvalue weighted by molar-refractivity contribution is 6.09. The smallest absolute Gasteiger partial charge is 0.244 e. The minimum atomic E-state index is -0.297. The average Bonchev–Trinajstić information content (AvgIpc) is 3.43. The quantitative estimate of drug-likeness (QED) is 0.582. The maximum atomic E-state index is 12.8. The molecule has 32 heavy (non-hydrogen) atoms. The normalized spacial score (nSPS) is 42.8. The molecule has 6 bridgehead atoms. The third-order valence-electron chi connectivity index (χ3n) is 9.68. The second-order valence-corrected chi connectivity index (χ2v) is 11.6. The number of likely N-dealkylation sites (tertiary alicyclic amines) is 1. The Morgan fingerprint density at radius 1 is 0.844 bits per heavy atom. The number of benzene rings is 1. The van der Waals surface area contributed by atoms with Crippen LogP contribution < -0.4 is 5.32 Å². The molecule has 4 atom stereocenters. The van der Waals surface area contributed by atoms with Crippen molar-refractivity contribution in [3.8, 4) is 0 Å². The maximum absolute atomic E-state index is 12.8. The number of fused-ring (bicyclic) bond motifs is 5. The van der Waals surface area contributed by atoms with E-state index in [4.69, 9.17) is 0 Å². The van der Waals surface area contributed by atoms with Crippen LogP contribution in [0.15, 0.2) is 36.4 Å². The highest BCUT2D eigenvalue weighted by Crippen LogP contribution is 2.60. The molecule has 8 rings (SSSR count). The van der Waals surface area contributed by atoms with E-state index in [1.54, 1.807) is 0 Å². The van der Waals surface area contributed by atoms with E-state index in [2.05, 4.69) is 29.6 Å². The summed E-state index contributed by atoms with van der Waals surface area (Å²) in [6.07, 6.45) is 13.3. The predicted octanol–water partition coefficient (Wildman–Crippen LogP) is 3.90.